The molecule has 0 radical (unpaired) electrons. The predicted octanol–water partition coefficient (Wildman–Crippen LogP) is 1.23. The molecular formula is C15H22N2O3. The van der Waals surface area contributed by atoms with Crippen LogP contribution in [0.25, 0.3) is 0 Å². The molecule has 2 amide bonds. The van der Waals surface area contributed by atoms with Gasteiger partial charge >= 0.3 is 0 Å². The lowest BCUT2D eigenvalue weighted by Gasteiger charge is -2.22. The number of benzene rings is 1. The summed E-state index contributed by atoms with van der Waals surface area (Å²) in [4.78, 5) is 22.6. The molecule has 0 saturated carbocycles. The Bertz CT molecular complexity index is 478. The van der Waals surface area contributed by atoms with Crippen LogP contribution in [0.5, 0.6) is 5.75 Å². The van der Waals surface area contributed by atoms with Crippen molar-refractivity contribution in [3.05, 3.63) is 29.8 Å². The van der Waals surface area contributed by atoms with E-state index in [-0.39, 0.29) is 30.4 Å². The molecule has 2 N–H and O–H groups in total. The molecule has 1 aromatic rings. The molecule has 0 heterocycles. The van der Waals surface area contributed by atoms with Crippen molar-refractivity contribution in [1.82, 2.24) is 10.6 Å². The van der Waals surface area contributed by atoms with Gasteiger partial charge in [0.15, 0.2) is 6.61 Å². The second-order valence-electron chi connectivity index (χ2n) is 5.48. The SMILES string of the molecule is CNC(=O)CNC(=O)COc1ccccc1C(C)(C)C. The maximum absolute atomic E-state index is 11.6. The van der Waals surface area contributed by atoms with Crippen molar-refractivity contribution in [2.75, 3.05) is 20.2 Å². The van der Waals surface area contributed by atoms with E-state index in [1.165, 1.54) is 7.05 Å². The maximum atomic E-state index is 11.6. The highest BCUT2D eigenvalue weighted by atomic mass is 16.5. The number of ether oxygens (including phenoxy) is 1. The van der Waals surface area contributed by atoms with Crippen molar-refractivity contribution < 1.29 is 14.3 Å². The third kappa shape index (κ3) is 4.91. The predicted molar refractivity (Wildman–Crippen MR) is 77.7 cm³/mol. The Labute approximate surface area is 119 Å². The highest BCUT2D eigenvalue weighted by molar-refractivity contribution is 5.85. The Morgan fingerprint density at radius 3 is 2.40 bits per heavy atom. The van der Waals surface area contributed by atoms with Gasteiger partial charge in [-0.05, 0) is 17.0 Å². The van der Waals surface area contributed by atoms with Crippen molar-refractivity contribution in [3.8, 4) is 5.75 Å². The molecule has 1 aromatic carbocycles. The smallest absolute Gasteiger partial charge is 0.258 e. The Balaban J connectivity index is 2.58. The number of hydrogen-bond donors (Lipinski definition) is 2. The fourth-order valence-corrected chi connectivity index (χ4v) is 1.67. The molecule has 0 aliphatic carbocycles. The van der Waals surface area contributed by atoms with Gasteiger partial charge in [0.2, 0.25) is 5.91 Å². The van der Waals surface area contributed by atoms with Gasteiger partial charge < -0.3 is 15.4 Å². The highest BCUT2D eigenvalue weighted by Gasteiger charge is 2.18. The standard InChI is InChI=1S/C15H22N2O3/c1-15(2,3)11-7-5-6-8-12(11)20-10-14(19)17-9-13(18)16-4/h5-8H,9-10H2,1-4H3,(H,16,18)(H,17,19). The summed E-state index contributed by atoms with van der Waals surface area (Å²) in [5.41, 5.74) is 0.980. The summed E-state index contributed by atoms with van der Waals surface area (Å²) in [5, 5.41) is 4.91. The molecule has 0 atom stereocenters. The molecule has 5 heteroatoms. The van der Waals surface area contributed by atoms with Gasteiger partial charge in [0.05, 0.1) is 6.54 Å². The minimum Gasteiger partial charge on any atom is -0.483 e. The van der Waals surface area contributed by atoms with E-state index < -0.39 is 0 Å². The zero-order valence-corrected chi connectivity index (χ0v) is 12.4. The highest BCUT2D eigenvalue weighted by Crippen LogP contribution is 2.30. The van der Waals surface area contributed by atoms with Crippen molar-refractivity contribution >= 4 is 11.8 Å². The average molecular weight is 278 g/mol. The van der Waals surface area contributed by atoms with Crippen LogP contribution in [0.4, 0.5) is 0 Å². The third-order valence-corrected chi connectivity index (χ3v) is 2.78. The summed E-state index contributed by atoms with van der Waals surface area (Å²) in [6.45, 7) is 6.10. The second-order valence-corrected chi connectivity index (χ2v) is 5.48. The van der Waals surface area contributed by atoms with Crippen LogP contribution in [0.1, 0.15) is 26.3 Å². The van der Waals surface area contributed by atoms with Crippen LogP contribution in [0.15, 0.2) is 24.3 Å². The largest absolute Gasteiger partial charge is 0.483 e. The molecule has 0 saturated heterocycles. The van der Waals surface area contributed by atoms with Crippen LogP contribution < -0.4 is 15.4 Å². The zero-order chi connectivity index (χ0) is 15.2. The monoisotopic (exact) mass is 278 g/mol. The molecule has 0 aliphatic rings. The Morgan fingerprint density at radius 1 is 1.15 bits per heavy atom. The fourth-order valence-electron chi connectivity index (χ4n) is 1.67. The van der Waals surface area contributed by atoms with Gasteiger partial charge in [0.25, 0.3) is 5.91 Å². The van der Waals surface area contributed by atoms with Gasteiger partial charge in [-0.25, -0.2) is 0 Å². The van der Waals surface area contributed by atoms with Crippen molar-refractivity contribution in [3.63, 3.8) is 0 Å². The van der Waals surface area contributed by atoms with Crippen molar-refractivity contribution in [2.45, 2.75) is 26.2 Å². The molecule has 0 bridgehead atoms. The van der Waals surface area contributed by atoms with Crippen LogP contribution in [0, 0.1) is 0 Å². The zero-order valence-electron chi connectivity index (χ0n) is 12.4. The first-order valence-electron chi connectivity index (χ1n) is 6.54. The van der Waals surface area contributed by atoms with Gasteiger partial charge in [-0.1, -0.05) is 39.0 Å². The minimum absolute atomic E-state index is 0.0421. The maximum Gasteiger partial charge on any atom is 0.258 e. The number of amides is 2. The van der Waals surface area contributed by atoms with E-state index in [2.05, 4.69) is 31.4 Å². The van der Waals surface area contributed by atoms with E-state index in [1.807, 2.05) is 24.3 Å². The van der Waals surface area contributed by atoms with E-state index in [1.54, 1.807) is 0 Å². The minimum atomic E-state index is -0.322. The first kappa shape index (κ1) is 16.0. The number of rotatable bonds is 5. The molecule has 0 fully saturated rings. The van der Waals surface area contributed by atoms with Gasteiger partial charge in [0.1, 0.15) is 5.75 Å². The lowest BCUT2D eigenvalue weighted by molar-refractivity contribution is -0.127. The topological polar surface area (TPSA) is 67.4 Å². The van der Waals surface area contributed by atoms with Crippen LogP contribution in [-0.2, 0) is 15.0 Å². The van der Waals surface area contributed by atoms with Gasteiger partial charge in [-0.3, -0.25) is 9.59 Å². The number of carbonyl (C=O) groups is 2. The molecular weight excluding hydrogens is 256 g/mol. The van der Waals surface area contributed by atoms with Crippen LogP contribution >= 0.6 is 0 Å². The third-order valence-electron chi connectivity index (χ3n) is 2.78. The normalized spacial score (nSPS) is 10.8. The van der Waals surface area contributed by atoms with E-state index >= 15 is 0 Å². The summed E-state index contributed by atoms with van der Waals surface area (Å²) < 4.78 is 5.55. The van der Waals surface area contributed by atoms with E-state index in [9.17, 15) is 9.59 Å². The quantitative estimate of drug-likeness (QED) is 0.851. The number of para-hydroxylation sites is 1. The van der Waals surface area contributed by atoms with Gasteiger partial charge in [-0.15, -0.1) is 0 Å². The molecule has 1 rings (SSSR count). The molecule has 5 nitrogen and oxygen atoms in total. The summed E-state index contributed by atoms with van der Waals surface area (Å²) >= 11 is 0. The molecule has 110 valence electrons. The van der Waals surface area contributed by atoms with Gasteiger partial charge in [-0.2, -0.15) is 0 Å². The lowest BCUT2D eigenvalue weighted by Crippen LogP contribution is -2.37. The summed E-state index contributed by atoms with van der Waals surface area (Å²) in [7, 11) is 1.52. The average Bonchev–Trinajstić information content (AvgIpc) is 2.41. The summed E-state index contributed by atoms with van der Waals surface area (Å²) in [6.07, 6.45) is 0. The Kier molecular flexibility index (Phi) is 5.55. The van der Waals surface area contributed by atoms with Gasteiger partial charge in [0, 0.05) is 7.05 Å². The molecule has 0 aliphatic heterocycles. The second kappa shape index (κ2) is 6.93. The first-order valence-corrected chi connectivity index (χ1v) is 6.54. The molecule has 0 unspecified atom stereocenters. The lowest BCUT2D eigenvalue weighted by atomic mass is 9.86. The molecule has 20 heavy (non-hydrogen) atoms. The van der Waals surface area contributed by atoms with E-state index in [0.29, 0.717) is 5.75 Å². The van der Waals surface area contributed by atoms with Crippen LogP contribution in [0.3, 0.4) is 0 Å². The van der Waals surface area contributed by atoms with E-state index in [0.717, 1.165) is 5.56 Å². The van der Waals surface area contributed by atoms with Crippen LogP contribution in [0.2, 0.25) is 0 Å². The van der Waals surface area contributed by atoms with Crippen molar-refractivity contribution in [1.29, 1.82) is 0 Å². The summed E-state index contributed by atoms with van der Waals surface area (Å²) in [6, 6.07) is 7.64. The summed E-state index contributed by atoms with van der Waals surface area (Å²) in [5.74, 6) is 0.126. The Hall–Kier alpha value is -2.04. The number of hydrogen-bond acceptors (Lipinski definition) is 3. The van der Waals surface area contributed by atoms with Crippen LogP contribution in [-0.4, -0.2) is 32.0 Å². The number of likely N-dealkylation sites (N-methyl/N-ethyl adjacent to an activating group) is 1. The number of carbonyl (C=O) groups excluding carboxylic acids is 2. The number of nitrogens with one attached hydrogen (secondary N) is 2. The molecule has 0 spiro atoms. The first-order chi connectivity index (χ1) is 9.34. The fraction of sp³-hybridized carbons (Fsp3) is 0.467. The molecule has 0 aromatic heterocycles. The van der Waals surface area contributed by atoms with Crippen molar-refractivity contribution in [2.24, 2.45) is 0 Å². The van der Waals surface area contributed by atoms with E-state index in [4.69, 9.17) is 4.74 Å². The Morgan fingerprint density at radius 2 is 1.80 bits per heavy atom.